The first-order valence-electron chi connectivity index (χ1n) is 9.90. The lowest BCUT2D eigenvalue weighted by Crippen LogP contribution is -2.52. The van der Waals surface area contributed by atoms with Gasteiger partial charge in [0.05, 0.1) is 23.9 Å². The molecule has 30 heavy (non-hydrogen) atoms. The number of hydrogen-bond donors (Lipinski definition) is 1. The predicted molar refractivity (Wildman–Crippen MR) is 114 cm³/mol. The van der Waals surface area contributed by atoms with Crippen LogP contribution in [0.3, 0.4) is 0 Å². The lowest BCUT2D eigenvalue weighted by molar-refractivity contribution is 0.235. The van der Waals surface area contributed by atoms with E-state index >= 15 is 0 Å². The molecule has 0 amide bonds. The number of nitrogens with one attached hydrogen (secondary N) is 1. The summed E-state index contributed by atoms with van der Waals surface area (Å²) >= 11 is 0. The Morgan fingerprint density at radius 2 is 1.60 bits per heavy atom. The fraction of sp³-hybridized carbons (Fsp3) is 0.280. The molecule has 0 spiro atoms. The third kappa shape index (κ3) is 2.91. The van der Waals surface area contributed by atoms with Crippen molar-refractivity contribution in [2.75, 3.05) is 20.1 Å². The van der Waals surface area contributed by atoms with Gasteiger partial charge in [-0.3, -0.25) is 0 Å². The molecule has 2 aromatic carbocycles. The van der Waals surface area contributed by atoms with Crippen LogP contribution in [0.1, 0.15) is 11.5 Å². The molecule has 1 aliphatic carbocycles. The van der Waals surface area contributed by atoms with E-state index in [1.54, 1.807) is 0 Å². The van der Waals surface area contributed by atoms with Crippen molar-refractivity contribution in [1.29, 1.82) is 21.2 Å². The van der Waals surface area contributed by atoms with Crippen molar-refractivity contribution in [3.63, 3.8) is 0 Å². The summed E-state index contributed by atoms with van der Waals surface area (Å²) in [4.78, 5) is 2.13. The van der Waals surface area contributed by atoms with Gasteiger partial charge in [-0.1, -0.05) is 60.7 Å². The molecule has 1 N–H and O–H groups in total. The number of fused-ring (bicyclic) bond motifs is 1. The highest BCUT2D eigenvalue weighted by molar-refractivity contribution is 6.00. The van der Waals surface area contributed by atoms with Crippen LogP contribution in [0, 0.1) is 56.7 Å². The average Bonchev–Trinajstić information content (AvgIpc) is 2.79. The van der Waals surface area contributed by atoms with Crippen molar-refractivity contribution in [3.8, 4) is 29.3 Å². The summed E-state index contributed by atoms with van der Waals surface area (Å²) in [5, 5.41) is 38.6. The van der Waals surface area contributed by atoms with E-state index < -0.39 is 17.3 Å². The zero-order valence-electron chi connectivity index (χ0n) is 16.7. The van der Waals surface area contributed by atoms with Gasteiger partial charge in [-0.25, -0.2) is 0 Å². The molecule has 3 atom stereocenters. The molecule has 1 heterocycles. The molecule has 1 fully saturated rings. The van der Waals surface area contributed by atoms with Gasteiger partial charge >= 0.3 is 0 Å². The molecule has 1 saturated carbocycles. The minimum Gasteiger partial charge on any atom is -0.305 e. The number of benzene rings is 2. The molecular weight excluding hydrogens is 370 g/mol. The molecule has 2 aromatic rings. The SMILES string of the molecule is CN1CC=C2C(C#N)C(=N)C(C#N)(C#N)[C@@H](c3ccc(-c4ccccc4)cc3)[C@H]2C1. The Balaban J connectivity index is 1.85. The lowest BCUT2D eigenvalue weighted by atomic mass is 9.54. The van der Waals surface area contributed by atoms with Crippen LogP contribution in [0.25, 0.3) is 11.1 Å². The van der Waals surface area contributed by atoms with E-state index in [-0.39, 0.29) is 11.6 Å². The van der Waals surface area contributed by atoms with E-state index in [4.69, 9.17) is 5.41 Å². The molecule has 4 rings (SSSR count). The Morgan fingerprint density at radius 3 is 2.20 bits per heavy atom. The van der Waals surface area contributed by atoms with Crippen LogP contribution in [0.15, 0.2) is 66.2 Å². The van der Waals surface area contributed by atoms with E-state index in [0.717, 1.165) is 22.3 Å². The second-order valence-electron chi connectivity index (χ2n) is 8.00. The summed E-state index contributed by atoms with van der Waals surface area (Å²) in [5.74, 6) is -1.48. The van der Waals surface area contributed by atoms with Crippen molar-refractivity contribution in [2.24, 2.45) is 17.3 Å². The highest BCUT2D eigenvalue weighted by atomic mass is 15.1. The zero-order chi connectivity index (χ0) is 21.3. The summed E-state index contributed by atoms with van der Waals surface area (Å²) in [6, 6.07) is 24.4. The molecule has 1 aliphatic heterocycles. The summed E-state index contributed by atoms with van der Waals surface area (Å²) in [7, 11) is 1.99. The summed E-state index contributed by atoms with van der Waals surface area (Å²) < 4.78 is 0. The van der Waals surface area contributed by atoms with E-state index in [1.807, 2.05) is 67.7 Å². The first kappa shape index (κ1) is 19.6. The number of nitriles is 3. The molecule has 0 radical (unpaired) electrons. The van der Waals surface area contributed by atoms with Crippen molar-refractivity contribution in [3.05, 3.63) is 71.8 Å². The molecule has 146 valence electrons. The van der Waals surface area contributed by atoms with Crippen LogP contribution < -0.4 is 0 Å². The third-order valence-electron chi connectivity index (χ3n) is 6.35. The van der Waals surface area contributed by atoms with Gasteiger partial charge < -0.3 is 10.3 Å². The fourth-order valence-corrected chi connectivity index (χ4v) is 4.84. The minimum atomic E-state index is -1.66. The molecule has 5 nitrogen and oxygen atoms in total. The lowest BCUT2D eigenvalue weighted by Gasteiger charge is -2.47. The monoisotopic (exact) mass is 391 g/mol. The van der Waals surface area contributed by atoms with Crippen molar-refractivity contribution < 1.29 is 0 Å². The van der Waals surface area contributed by atoms with Gasteiger partial charge in [0.15, 0.2) is 5.41 Å². The van der Waals surface area contributed by atoms with Gasteiger partial charge in [-0.05, 0) is 29.3 Å². The smallest absolute Gasteiger partial charge is 0.189 e. The summed E-state index contributed by atoms with van der Waals surface area (Å²) in [6.07, 6.45) is 2.00. The highest BCUT2D eigenvalue weighted by Gasteiger charge is 2.57. The Hall–Kier alpha value is -3.72. The van der Waals surface area contributed by atoms with Gasteiger partial charge in [-0.15, -0.1) is 0 Å². The first-order chi connectivity index (χ1) is 14.6. The molecule has 0 aromatic heterocycles. The average molecular weight is 391 g/mol. The maximum Gasteiger partial charge on any atom is 0.189 e. The fourth-order valence-electron chi connectivity index (χ4n) is 4.84. The normalized spacial score (nSPS) is 25.2. The third-order valence-corrected chi connectivity index (χ3v) is 6.35. The van der Waals surface area contributed by atoms with E-state index in [1.165, 1.54) is 0 Å². The number of rotatable bonds is 2. The second kappa shape index (κ2) is 7.60. The topological polar surface area (TPSA) is 98.5 Å². The summed E-state index contributed by atoms with van der Waals surface area (Å²) in [5.41, 5.74) is 2.11. The van der Waals surface area contributed by atoms with Crippen LogP contribution in [0.2, 0.25) is 0 Å². The largest absolute Gasteiger partial charge is 0.305 e. The van der Waals surface area contributed by atoms with Gasteiger partial charge in [0.2, 0.25) is 0 Å². The molecule has 2 aliphatic rings. The second-order valence-corrected chi connectivity index (χ2v) is 8.00. The molecule has 0 saturated heterocycles. The van der Waals surface area contributed by atoms with E-state index in [9.17, 15) is 15.8 Å². The Kier molecular flexibility index (Phi) is 4.96. The molecular formula is C25H21N5. The summed E-state index contributed by atoms with van der Waals surface area (Å²) in [6.45, 7) is 1.34. The minimum absolute atomic E-state index is 0.0980. The maximum atomic E-state index is 10.1. The zero-order valence-corrected chi connectivity index (χ0v) is 16.7. The number of likely N-dealkylation sites (N-methyl/N-ethyl adjacent to an activating group) is 1. The highest BCUT2D eigenvalue weighted by Crippen LogP contribution is 2.53. The van der Waals surface area contributed by atoms with Gasteiger partial charge in [-0.2, -0.15) is 15.8 Å². The van der Waals surface area contributed by atoms with Gasteiger partial charge in [0, 0.05) is 24.9 Å². The predicted octanol–water partition coefficient (Wildman–Crippen LogP) is 4.13. The van der Waals surface area contributed by atoms with Crippen LogP contribution in [-0.4, -0.2) is 30.7 Å². The number of hydrogen-bond acceptors (Lipinski definition) is 5. The first-order valence-corrected chi connectivity index (χ1v) is 9.90. The Morgan fingerprint density at radius 1 is 0.967 bits per heavy atom. The quantitative estimate of drug-likeness (QED) is 0.778. The maximum absolute atomic E-state index is 10.1. The number of nitrogens with zero attached hydrogens (tertiary/aromatic N) is 4. The van der Waals surface area contributed by atoms with Crippen molar-refractivity contribution in [2.45, 2.75) is 5.92 Å². The van der Waals surface area contributed by atoms with Crippen LogP contribution >= 0.6 is 0 Å². The molecule has 1 unspecified atom stereocenters. The van der Waals surface area contributed by atoms with Crippen molar-refractivity contribution >= 4 is 5.71 Å². The Bertz CT molecular complexity index is 1110. The van der Waals surface area contributed by atoms with Crippen molar-refractivity contribution in [1.82, 2.24) is 4.90 Å². The van der Waals surface area contributed by atoms with Gasteiger partial charge in [0.1, 0.15) is 5.92 Å². The van der Waals surface area contributed by atoms with Gasteiger partial charge in [0.25, 0.3) is 0 Å². The Labute approximate surface area is 176 Å². The van der Waals surface area contributed by atoms with E-state index in [0.29, 0.717) is 13.1 Å². The van der Waals surface area contributed by atoms with Crippen LogP contribution in [-0.2, 0) is 0 Å². The molecule has 5 heteroatoms. The van der Waals surface area contributed by atoms with Crippen LogP contribution in [0.5, 0.6) is 0 Å². The standard InChI is InChI=1S/C25H21N5/c1-30-12-11-20-21(13-26)24(29)25(15-27,16-28)23(22(20)14-30)19-9-7-18(8-10-19)17-5-3-2-4-6-17/h2-11,21-23,29H,12,14H2,1H3/t21?,22-,23-/m0/s1. The molecule has 0 bridgehead atoms. The van der Waals surface area contributed by atoms with E-state index in [2.05, 4.69) is 23.1 Å². The van der Waals surface area contributed by atoms with Crippen LogP contribution in [0.4, 0.5) is 0 Å².